The molecular weight excluding hydrogens is 330 g/mol. The number of amides is 4. The Hall–Kier alpha value is -2.37. The van der Waals surface area contributed by atoms with E-state index in [0.717, 1.165) is 48.1 Å². The number of fused-ring (bicyclic) bond motifs is 2. The molecule has 1 aromatic rings. The number of nitrogens with zero attached hydrogens (tertiary/aromatic N) is 1. The highest BCUT2D eigenvalue weighted by Gasteiger charge is 2.55. The Balaban J connectivity index is 1.64. The maximum atomic E-state index is 13.0. The molecule has 4 amide bonds. The molecular formula is C20H27N3O3. The third-order valence-electron chi connectivity index (χ3n) is 5.37. The fourth-order valence-corrected chi connectivity index (χ4v) is 3.97. The average Bonchev–Trinajstić information content (AvgIpc) is 3.09. The lowest BCUT2D eigenvalue weighted by Gasteiger charge is -2.22. The molecule has 1 heterocycles. The highest BCUT2D eigenvalue weighted by molar-refractivity contribution is 6.09. The van der Waals surface area contributed by atoms with Crippen molar-refractivity contribution in [1.82, 2.24) is 15.5 Å². The number of carbonyl (C=O) groups is 3. The van der Waals surface area contributed by atoms with Crippen LogP contribution in [0.3, 0.4) is 0 Å². The van der Waals surface area contributed by atoms with Crippen molar-refractivity contribution >= 4 is 17.8 Å². The number of hydrogen-bond acceptors (Lipinski definition) is 3. The highest BCUT2D eigenvalue weighted by atomic mass is 16.2. The standard InChI is InChI=1S/C20H27N3O3/c1-3-4-5-8-14(2)21-17(24)13-23-18(25)20(22-19(23)26)12-11-15-9-6-7-10-16(15)20/h6-7,9-10,14H,3-5,8,11-13H2,1-2H3,(H,21,24)(H,22,26). The number of urea groups is 1. The molecule has 1 saturated heterocycles. The van der Waals surface area contributed by atoms with Crippen LogP contribution in [0.15, 0.2) is 24.3 Å². The van der Waals surface area contributed by atoms with Gasteiger partial charge in [-0.05, 0) is 37.3 Å². The Bertz CT molecular complexity index is 718. The van der Waals surface area contributed by atoms with Crippen LogP contribution in [0.4, 0.5) is 4.79 Å². The minimum absolute atomic E-state index is 0.0379. The van der Waals surface area contributed by atoms with Gasteiger partial charge in [0.1, 0.15) is 12.1 Å². The van der Waals surface area contributed by atoms with Crippen LogP contribution in [0, 0.1) is 0 Å². The first-order valence-corrected chi connectivity index (χ1v) is 9.50. The van der Waals surface area contributed by atoms with E-state index >= 15 is 0 Å². The first-order chi connectivity index (χ1) is 12.5. The first kappa shape index (κ1) is 18.4. The number of hydrogen-bond donors (Lipinski definition) is 2. The Kier molecular flexibility index (Phi) is 5.30. The van der Waals surface area contributed by atoms with Gasteiger partial charge in [0.15, 0.2) is 0 Å². The van der Waals surface area contributed by atoms with E-state index in [0.29, 0.717) is 6.42 Å². The van der Waals surface area contributed by atoms with Gasteiger partial charge in [0.05, 0.1) is 0 Å². The van der Waals surface area contributed by atoms with E-state index < -0.39 is 11.6 Å². The van der Waals surface area contributed by atoms with Crippen LogP contribution in [0.2, 0.25) is 0 Å². The van der Waals surface area contributed by atoms with Crippen molar-refractivity contribution in [1.29, 1.82) is 0 Å². The van der Waals surface area contributed by atoms with Crippen molar-refractivity contribution in [3.63, 3.8) is 0 Å². The molecule has 2 aliphatic rings. The fraction of sp³-hybridized carbons (Fsp3) is 0.550. The molecule has 6 nitrogen and oxygen atoms in total. The molecule has 1 aliphatic carbocycles. The van der Waals surface area contributed by atoms with Gasteiger partial charge in [-0.3, -0.25) is 14.5 Å². The van der Waals surface area contributed by atoms with E-state index in [-0.39, 0.29) is 24.4 Å². The van der Waals surface area contributed by atoms with Gasteiger partial charge in [0.2, 0.25) is 5.91 Å². The van der Waals surface area contributed by atoms with Crippen LogP contribution in [0.25, 0.3) is 0 Å². The third-order valence-corrected chi connectivity index (χ3v) is 5.37. The van der Waals surface area contributed by atoms with Crippen molar-refractivity contribution in [3.05, 3.63) is 35.4 Å². The molecule has 140 valence electrons. The second-order valence-electron chi connectivity index (χ2n) is 7.35. The number of aryl methyl sites for hydroxylation is 1. The minimum atomic E-state index is -0.999. The van der Waals surface area contributed by atoms with Gasteiger partial charge in [-0.2, -0.15) is 0 Å². The number of imide groups is 1. The summed E-state index contributed by atoms with van der Waals surface area (Å²) in [6.07, 6.45) is 5.51. The number of carbonyl (C=O) groups excluding carboxylic acids is 3. The van der Waals surface area contributed by atoms with E-state index in [1.165, 1.54) is 0 Å². The predicted octanol–water partition coefficient (Wildman–Crippen LogP) is 2.46. The van der Waals surface area contributed by atoms with Crippen molar-refractivity contribution in [3.8, 4) is 0 Å². The van der Waals surface area contributed by atoms with Crippen molar-refractivity contribution in [2.75, 3.05) is 6.54 Å². The molecule has 0 bridgehead atoms. The summed E-state index contributed by atoms with van der Waals surface area (Å²) in [5, 5.41) is 5.74. The molecule has 1 fully saturated rings. The van der Waals surface area contributed by atoms with Gasteiger partial charge in [-0.15, -0.1) is 0 Å². The fourth-order valence-electron chi connectivity index (χ4n) is 3.97. The van der Waals surface area contributed by atoms with E-state index in [9.17, 15) is 14.4 Å². The lowest BCUT2D eigenvalue weighted by molar-refractivity contribution is -0.135. The van der Waals surface area contributed by atoms with Crippen LogP contribution in [-0.2, 0) is 21.5 Å². The minimum Gasteiger partial charge on any atom is -0.352 e. The number of rotatable bonds is 7. The summed E-state index contributed by atoms with van der Waals surface area (Å²) >= 11 is 0. The van der Waals surface area contributed by atoms with E-state index in [1.54, 1.807) is 0 Å². The van der Waals surface area contributed by atoms with E-state index in [2.05, 4.69) is 17.6 Å². The van der Waals surface area contributed by atoms with E-state index in [1.807, 2.05) is 31.2 Å². The number of unbranched alkanes of at least 4 members (excludes halogenated alkanes) is 2. The molecule has 0 radical (unpaired) electrons. The second kappa shape index (κ2) is 7.48. The zero-order valence-electron chi connectivity index (χ0n) is 15.5. The maximum Gasteiger partial charge on any atom is 0.325 e. The van der Waals surface area contributed by atoms with Crippen LogP contribution >= 0.6 is 0 Å². The molecule has 2 N–H and O–H groups in total. The Labute approximate surface area is 154 Å². The van der Waals surface area contributed by atoms with Crippen LogP contribution in [0.1, 0.15) is 57.1 Å². The Morgan fingerprint density at radius 3 is 2.85 bits per heavy atom. The smallest absolute Gasteiger partial charge is 0.325 e. The summed E-state index contributed by atoms with van der Waals surface area (Å²) in [7, 11) is 0. The van der Waals surface area contributed by atoms with Gasteiger partial charge in [-0.1, -0.05) is 50.5 Å². The summed E-state index contributed by atoms with van der Waals surface area (Å²) < 4.78 is 0. The molecule has 6 heteroatoms. The lowest BCUT2D eigenvalue weighted by Crippen LogP contribution is -2.45. The van der Waals surface area contributed by atoms with Gasteiger partial charge in [0.25, 0.3) is 5.91 Å². The van der Waals surface area contributed by atoms with Crippen LogP contribution in [-0.4, -0.2) is 35.3 Å². The Morgan fingerprint density at radius 1 is 1.31 bits per heavy atom. The molecule has 3 rings (SSSR count). The third kappa shape index (κ3) is 3.32. The van der Waals surface area contributed by atoms with Crippen LogP contribution in [0.5, 0.6) is 0 Å². The summed E-state index contributed by atoms with van der Waals surface area (Å²) in [6, 6.07) is 7.23. The summed E-state index contributed by atoms with van der Waals surface area (Å²) in [5.41, 5.74) is 0.937. The highest BCUT2D eigenvalue weighted by Crippen LogP contribution is 2.41. The molecule has 2 unspecified atom stereocenters. The van der Waals surface area contributed by atoms with Crippen molar-refractivity contribution in [2.24, 2.45) is 0 Å². The maximum absolute atomic E-state index is 13.0. The van der Waals surface area contributed by atoms with Gasteiger partial charge >= 0.3 is 6.03 Å². The molecule has 0 aromatic heterocycles. The van der Waals surface area contributed by atoms with Crippen molar-refractivity contribution in [2.45, 2.75) is 64.0 Å². The zero-order chi connectivity index (χ0) is 18.7. The molecule has 1 spiro atoms. The largest absolute Gasteiger partial charge is 0.352 e. The van der Waals surface area contributed by atoms with E-state index in [4.69, 9.17) is 0 Å². The van der Waals surface area contributed by atoms with Gasteiger partial charge in [-0.25, -0.2) is 4.79 Å². The molecule has 2 atom stereocenters. The first-order valence-electron chi connectivity index (χ1n) is 9.50. The summed E-state index contributed by atoms with van der Waals surface area (Å²) in [5.74, 6) is -0.609. The Morgan fingerprint density at radius 2 is 2.08 bits per heavy atom. The lowest BCUT2D eigenvalue weighted by atomic mass is 9.92. The predicted molar refractivity (Wildman–Crippen MR) is 98.4 cm³/mol. The molecule has 26 heavy (non-hydrogen) atoms. The topological polar surface area (TPSA) is 78.5 Å². The summed E-state index contributed by atoms with van der Waals surface area (Å²) in [4.78, 5) is 38.7. The average molecular weight is 357 g/mol. The van der Waals surface area contributed by atoms with Gasteiger partial charge < -0.3 is 10.6 Å². The molecule has 1 aromatic carbocycles. The number of benzene rings is 1. The molecule has 1 aliphatic heterocycles. The molecule has 0 saturated carbocycles. The monoisotopic (exact) mass is 357 g/mol. The SMILES string of the molecule is CCCCCC(C)NC(=O)CN1C(=O)NC2(CCc3ccccc32)C1=O. The quantitative estimate of drug-likeness (QED) is 0.581. The zero-order valence-corrected chi connectivity index (χ0v) is 15.5. The van der Waals surface area contributed by atoms with Gasteiger partial charge in [0, 0.05) is 6.04 Å². The number of nitrogens with one attached hydrogen (secondary N) is 2. The van der Waals surface area contributed by atoms with Crippen LogP contribution < -0.4 is 10.6 Å². The van der Waals surface area contributed by atoms with Crippen molar-refractivity contribution < 1.29 is 14.4 Å². The normalized spacial score (nSPS) is 22.5. The summed E-state index contributed by atoms with van der Waals surface area (Å²) in [6.45, 7) is 3.86. The second-order valence-corrected chi connectivity index (χ2v) is 7.35.